The average Bonchev–Trinajstić information content (AvgIpc) is 3.01. The quantitative estimate of drug-likeness (QED) is 0.609. The van der Waals surface area contributed by atoms with Gasteiger partial charge in [0.05, 0.1) is 28.7 Å². The van der Waals surface area contributed by atoms with E-state index in [1.807, 2.05) is 0 Å². The molecule has 0 spiro atoms. The number of rotatable bonds is 5. The number of hydrogen-bond donors (Lipinski definition) is 2. The number of carbonyl (C=O) groups is 2. The molecule has 0 bridgehead atoms. The molecule has 1 unspecified atom stereocenters. The minimum Gasteiger partial charge on any atom is -0.476 e. The summed E-state index contributed by atoms with van der Waals surface area (Å²) >= 11 is 0. The van der Waals surface area contributed by atoms with Crippen LogP contribution < -0.4 is 5.32 Å². The summed E-state index contributed by atoms with van der Waals surface area (Å²) in [6.45, 7) is 3.08. The third kappa shape index (κ3) is 3.02. The van der Waals surface area contributed by atoms with E-state index in [0.717, 1.165) is 4.68 Å². The maximum atomic E-state index is 12.3. The third-order valence-corrected chi connectivity index (χ3v) is 3.24. The highest BCUT2D eigenvalue weighted by Crippen LogP contribution is 2.19. The van der Waals surface area contributed by atoms with Gasteiger partial charge in [-0.2, -0.15) is 9.78 Å². The van der Waals surface area contributed by atoms with Gasteiger partial charge in [0, 0.05) is 7.05 Å². The maximum absolute atomic E-state index is 12.3. The summed E-state index contributed by atoms with van der Waals surface area (Å²) in [6, 6.07) is 0.377. The first-order valence-electron chi connectivity index (χ1n) is 6.49. The molecule has 2 N–H and O–H groups in total. The number of aromatic carboxylic acids is 1. The average molecular weight is 322 g/mol. The van der Waals surface area contributed by atoms with Crippen molar-refractivity contribution in [2.24, 2.45) is 7.05 Å². The highest BCUT2D eigenvalue weighted by atomic mass is 16.6. The van der Waals surface area contributed by atoms with Crippen LogP contribution in [0.25, 0.3) is 0 Å². The molecule has 1 amide bonds. The predicted octanol–water partition coefficient (Wildman–Crippen LogP) is 0.731. The van der Waals surface area contributed by atoms with Crippen LogP contribution in [-0.2, 0) is 11.8 Å². The van der Waals surface area contributed by atoms with E-state index >= 15 is 0 Å². The molecule has 0 fully saturated rings. The van der Waals surface area contributed by atoms with Crippen LogP contribution in [0.2, 0.25) is 0 Å². The molecule has 23 heavy (non-hydrogen) atoms. The second-order valence-corrected chi connectivity index (χ2v) is 4.85. The van der Waals surface area contributed by atoms with Gasteiger partial charge < -0.3 is 20.5 Å². The van der Waals surface area contributed by atoms with Crippen LogP contribution in [0.15, 0.2) is 12.3 Å². The zero-order chi connectivity index (χ0) is 17.3. The van der Waals surface area contributed by atoms with Crippen molar-refractivity contribution in [1.82, 2.24) is 19.6 Å². The fourth-order valence-electron chi connectivity index (χ4n) is 2.08. The lowest BCUT2D eigenvalue weighted by Gasteiger charge is -2.11. The van der Waals surface area contributed by atoms with Crippen LogP contribution in [0.4, 0.5) is 11.5 Å². The lowest BCUT2D eigenvalue weighted by Crippen LogP contribution is -2.26. The van der Waals surface area contributed by atoms with Gasteiger partial charge in [0.2, 0.25) is 0 Å². The molecule has 0 aliphatic rings. The van der Waals surface area contributed by atoms with E-state index in [1.54, 1.807) is 6.92 Å². The summed E-state index contributed by atoms with van der Waals surface area (Å²) in [5.74, 6) is -2.17. The standard InChI is InChI=1S/C12H14N6O5/c1-6-4-9(18(22)23)15-17(6)7(2)11(19)14-8-5-13-16(3)10(8)12(20)21/h4-5,7H,1-3H3,(H,14,19)(H,20,21). The summed E-state index contributed by atoms with van der Waals surface area (Å²) in [4.78, 5) is 33.5. The molecule has 2 aromatic rings. The molecular weight excluding hydrogens is 308 g/mol. The number of anilines is 1. The van der Waals surface area contributed by atoms with Gasteiger partial charge in [-0.15, -0.1) is 0 Å². The van der Waals surface area contributed by atoms with E-state index in [9.17, 15) is 19.7 Å². The SMILES string of the molecule is Cc1cc([N+](=O)[O-])nn1C(C)C(=O)Nc1cnn(C)c1C(=O)O. The van der Waals surface area contributed by atoms with Gasteiger partial charge in [-0.1, -0.05) is 0 Å². The number of amides is 1. The molecule has 2 heterocycles. The zero-order valence-corrected chi connectivity index (χ0v) is 12.5. The maximum Gasteiger partial charge on any atom is 0.390 e. The minimum absolute atomic E-state index is 0.0381. The Morgan fingerprint density at radius 2 is 2.13 bits per heavy atom. The van der Waals surface area contributed by atoms with Gasteiger partial charge in [-0.3, -0.25) is 9.48 Å². The van der Waals surface area contributed by atoms with Gasteiger partial charge >= 0.3 is 11.8 Å². The third-order valence-electron chi connectivity index (χ3n) is 3.24. The molecule has 122 valence electrons. The predicted molar refractivity (Wildman–Crippen MR) is 77.1 cm³/mol. The Labute approximate surface area is 129 Å². The fourth-order valence-corrected chi connectivity index (χ4v) is 2.08. The van der Waals surface area contributed by atoms with Gasteiger partial charge in [-0.25, -0.2) is 4.79 Å². The number of carboxylic acid groups (broad SMARTS) is 1. The highest BCUT2D eigenvalue weighted by molar-refractivity contribution is 6.00. The summed E-state index contributed by atoms with van der Waals surface area (Å²) < 4.78 is 2.32. The largest absolute Gasteiger partial charge is 0.476 e. The van der Waals surface area contributed by atoms with Crippen LogP contribution in [0, 0.1) is 17.0 Å². The van der Waals surface area contributed by atoms with Crippen molar-refractivity contribution in [3.05, 3.63) is 33.8 Å². The van der Waals surface area contributed by atoms with E-state index < -0.39 is 22.8 Å². The number of nitrogens with zero attached hydrogens (tertiary/aromatic N) is 5. The number of nitro groups is 1. The summed E-state index contributed by atoms with van der Waals surface area (Å²) in [5, 5.41) is 29.8. The molecular formula is C12H14N6O5. The van der Waals surface area contributed by atoms with E-state index in [-0.39, 0.29) is 17.2 Å². The minimum atomic E-state index is -1.24. The molecule has 0 aliphatic carbocycles. The van der Waals surface area contributed by atoms with Crippen molar-refractivity contribution in [1.29, 1.82) is 0 Å². The Morgan fingerprint density at radius 3 is 2.65 bits per heavy atom. The topological polar surface area (TPSA) is 145 Å². The molecule has 0 aromatic carbocycles. The van der Waals surface area contributed by atoms with Crippen molar-refractivity contribution in [2.45, 2.75) is 19.9 Å². The molecule has 11 nitrogen and oxygen atoms in total. The Morgan fingerprint density at radius 1 is 1.48 bits per heavy atom. The first-order valence-corrected chi connectivity index (χ1v) is 6.49. The molecule has 2 rings (SSSR count). The fraction of sp³-hybridized carbons (Fsp3) is 0.333. The van der Waals surface area contributed by atoms with Crippen molar-refractivity contribution in [2.75, 3.05) is 5.32 Å². The monoisotopic (exact) mass is 322 g/mol. The van der Waals surface area contributed by atoms with E-state index in [1.165, 1.54) is 30.9 Å². The molecule has 0 aliphatic heterocycles. The van der Waals surface area contributed by atoms with Gasteiger partial charge in [0.15, 0.2) is 5.69 Å². The van der Waals surface area contributed by atoms with Gasteiger partial charge in [-0.05, 0) is 18.8 Å². The summed E-state index contributed by atoms with van der Waals surface area (Å²) in [6.07, 6.45) is 1.21. The Balaban J connectivity index is 2.24. The lowest BCUT2D eigenvalue weighted by molar-refractivity contribution is -0.389. The first-order chi connectivity index (χ1) is 10.7. The number of carboxylic acids is 1. The Hall–Kier alpha value is -3.24. The summed E-state index contributed by atoms with van der Waals surface area (Å²) in [7, 11) is 1.43. The van der Waals surface area contributed by atoms with Crippen LogP contribution in [0.3, 0.4) is 0 Å². The van der Waals surface area contributed by atoms with Crippen molar-refractivity contribution < 1.29 is 19.6 Å². The van der Waals surface area contributed by atoms with Crippen molar-refractivity contribution >= 4 is 23.4 Å². The smallest absolute Gasteiger partial charge is 0.390 e. The van der Waals surface area contributed by atoms with E-state index in [4.69, 9.17) is 5.11 Å². The Kier molecular flexibility index (Phi) is 4.12. The second-order valence-electron chi connectivity index (χ2n) is 4.85. The molecule has 2 aromatic heterocycles. The number of carbonyl (C=O) groups excluding carboxylic acids is 1. The molecule has 0 saturated heterocycles. The van der Waals surface area contributed by atoms with Crippen LogP contribution in [0.5, 0.6) is 0 Å². The van der Waals surface area contributed by atoms with Crippen LogP contribution in [0.1, 0.15) is 29.1 Å². The first kappa shape index (κ1) is 16.1. The number of aryl methyl sites for hydroxylation is 2. The van der Waals surface area contributed by atoms with Crippen molar-refractivity contribution in [3.63, 3.8) is 0 Å². The van der Waals surface area contributed by atoms with Crippen LogP contribution in [-0.4, -0.2) is 41.5 Å². The van der Waals surface area contributed by atoms with Gasteiger partial charge in [0.1, 0.15) is 6.04 Å². The lowest BCUT2D eigenvalue weighted by atomic mass is 10.2. The van der Waals surface area contributed by atoms with E-state index in [0.29, 0.717) is 5.69 Å². The number of aromatic nitrogens is 4. The molecule has 0 saturated carbocycles. The number of hydrogen-bond acceptors (Lipinski definition) is 6. The Bertz CT molecular complexity index is 792. The van der Waals surface area contributed by atoms with Crippen LogP contribution >= 0.6 is 0 Å². The number of nitrogens with one attached hydrogen (secondary N) is 1. The normalized spacial score (nSPS) is 12.0. The zero-order valence-electron chi connectivity index (χ0n) is 12.5. The molecule has 1 atom stereocenters. The van der Waals surface area contributed by atoms with Crippen molar-refractivity contribution in [3.8, 4) is 0 Å². The second kappa shape index (κ2) is 5.87. The molecule has 11 heteroatoms. The highest BCUT2D eigenvalue weighted by Gasteiger charge is 2.26. The summed E-state index contributed by atoms with van der Waals surface area (Å²) in [5.41, 5.74) is 0.300. The molecule has 0 radical (unpaired) electrons. The van der Waals surface area contributed by atoms with Gasteiger partial charge in [0.25, 0.3) is 5.91 Å². The van der Waals surface area contributed by atoms with E-state index in [2.05, 4.69) is 15.5 Å².